The lowest BCUT2D eigenvalue weighted by Gasteiger charge is -2.33. The predicted octanol–water partition coefficient (Wildman–Crippen LogP) is 1.38. The zero-order valence-electron chi connectivity index (χ0n) is 18.2. The van der Waals surface area contributed by atoms with Crippen molar-refractivity contribution >= 4 is 17.7 Å². The lowest BCUT2D eigenvalue weighted by atomic mass is 9.92. The molecule has 1 aromatic rings. The number of carbonyl (C=O) groups is 3. The Morgan fingerprint density at radius 2 is 1.87 bits per heavy atom. The van der Waals surface area contributed by atoms with Crippen LogP contribution in [0.1, 0.15) is 66.9 Å². The van der Waals surface area contributed by atoms with Gasteiger partial charge in [0.25, 0.3) is 5.91 Å². The van der Waals surface area contributed by atoms with Crippen LogP contribution in [0.15, 0.2) is 6.20 Å². The Morgan fingerprint density at radius 1 is 1.06 bits per heavy atom. The first-order chi connectivity index (χ1) is 15.1. The molecule has 4 heterocycles. The van der Waals surface area contributed by atoms with Gasteiger partial charge in [0.1, 0.15) is 6.61 Å². The molecule has 1 unspecified atom stereocenters. The number of hydrogen-bond acceptors (Lipinski definition) is 5. The molecule has 31 heavy (non-hydrogen) atoms. The molecule has 3 amide bonds. The second-order valence-electron chi connectivity index (χ2n) is 8.77. The predicted molar refractivity (Wildman–Crippen MR) is 114 cm³/mol. The van der Waals surface area contributed by atoms with Crippen molar-refractivity contribution < 1.29 is 19.1 Å². The van der Waals surface area contributed by atoms with E-state index in [1.54, 1.807) is 11.1 Å². The molecule has 3 fully saturated rings. The van der Waals surface area contributed by atoms with Crippen LogP contribution in [-0.4, -0.2) is 95.1 Å². The molecule has 3 saturated heterocycles. The zero-order valence-corrected chi connectivity index (χ0v) is 18.2. The molecule has 1 atom stereocenters. The van der Waals surface area contributed by atoms with Gasteiger partial charge in [0.05, 0.1) is 24.1 Å². The molecule has 0 saturated carbocycles. The number of piperidine rings is 2. The van der Waals surface area contributed by atoms with E-state index in [2.05, 4.69) is 10.2 Å². The maximum Gasteiger partial charge on any atom is 0.257 e. The first-order valence-corrected chi connectivity index (χ1v) is 11.6. The van der Waals surface area contributed by atoms with E-state index in [9.17, 15) is 14.4 Å². The quantitative estimate of drug-likeness (QED) is 0.658. The number of carbonyl (C=O) groups excluding carboxylic acids is 3. The van der Waals surface area contributed by atoms with Crippen molar-refractivity contribution in [2.75, 3.05) is 52.5 Å². The average Bonchev–Trinajstić information content (AvgIpc) is 3.46. The number of likely N-dealkylation sites (tertiary alicyclic amines) is 3. The number of nitrogens with zero attached hydrogens (tertiary/aromatic N) is 4. The fourth-order valence-electron chi connectivity index (χ4n) is 4.85. The first kappa shape index (κ1) is 21.8. The molecule has 9 heteroatoms. The molecular formula is C22H33N5O4. The molecule has 0 spiro atoms. The van der Waals surface area contributed by atoms with Crippen molar-refractivity contribution in [3.8, 4) is 0 Å². The van der Waals surface area contributed by atoms with E-state index in [-0.39, 0.29) is 30.2 Å². The number of aromatic amines is 1. The van der Waals surface area contributed by atoms with E-state index in [1.807, 2.05) is 9.80 Å². The van der Waals surface area contributed by atoms with Crippen LogP contribution in [0.4, 0.5) is 0 Å². The molecule has 0 aromatic carbocycles. The summed E-state index contributed by atoms with van der Waals surface area (Å²) in [5.74, 6) is 0.252. The van der Waals surface area contributed by atoms with E-state index < -0.39 is 0 Å². The van der Waals surface area contributed by atoms with Crippen molar-refractivity contribution in [3.63, 3.8) is 0 Å². The maximum atomic E-state index is 13.0. The Morgan fingerprint density at radius 3 is 2.65 bits per heavy atom. The summed E-state index contributed by atoms with van der Waals surface area (Å²) in [6.45, 7) is 4.61. The largest absolute Gasteiger partial charge is 0.370 e. The van der Waals surface area contributed by atoms with Gasteiger partial charge in [-0.2, -0.15) is 5.10 Å². The SMILES string of the molecule is O=C1CCCN1CCOCC(=O)N1CCCC(c2[nH]ncc2C(=O)N2CCCCC2)C1. The fourth-order valence-corrected chi connectivity index (χ4v) is 4.85. The Balaban J connectivity index is 1.28. The molecule has 0 radical (unpaired) electrons. The summed E-state index contributed by atoms with van der Waals surface area (Å²) >= 11 is 0. The van der Waals surface area contributed by atoms with E-state index in [0.29, 0.717) is 38.2 Å². The van der Waals surface area contributed by atoms with Crippen LogP contribution in [0.3, 0.4) is 0 Å². The maximum absolute atomic E-state index is 13.0. The van der Waals surface area contributed by atoms with Gasteiger partial charge in [0.15, 0.2) is 0 Å². The van der Waals surface area contributed by atoms with Crippen molar-refractivity contribution in [2.45, 2.75) is 50.9 Å². The zero-order chi connectivity index (χ0) is 21.6. The standard InChI is InChI=1S/C22H33N5O4/c28-19-7-5-10-25(19)12-13-31-16-20(29)27-11-4-6-17(15-27)21-18(14-23-24-21)22(30)26-8-2-1-3-9-26/h14,17H,1-13,15-16H2,(H,23,24). The molecule has 1 N–H and O–H groups in total. The summed E-state index contributed by atoms with van der Waals surface area (Å²) < 4.78 is 5.56. The molecule has 9 nitrogen and oxygen atoms in total. The lowest BCUT2D eigenvalue weighted by Crippen LogP contribution is -2.42. The van der Waals surface area contributed by atoms with Gasteiger partial charge in [-0.05, 0) is 38.5 Å². The van der Waals surface area contributed by atoms with Crippen molar-refractivity contribution in [2.24, 2.45) is 0 Å². The van der Waals surface area contributed by atoms with Crippen molar-refractivity contribution in [1.29, 1.82) is 0 Å². The summed E-state index contributed by atoms with van der Waals surface area (Å²) in [5, 5.41) is 7.19. The molecule has 170 valence electrons. The number of aromatic nitrogens is 2. The summed E-state index contributed by atoms with van der Waals surface area (Å²) in [7, 11) is 0. The van der Waals surface area contributed by atoms with Crippen LogP contribution in [0.5, 0.6) is 0 Å². The third kappa shape index (κ3) is 5.26. The Bertz CT molecular complexity index is 789. The van der Waals surface area contributed by atoms with Gasteiger partial charge in [-0.15, -0.1) is 0 Å². The number of H-pyrrole nitrogens is 1. The topological polar surface area (TPSA) is 98.8 Å². The molecule has 0 aliphatic carbocycles. The fraction of sp³-hybridized carbons (Fsp3) is 0.727. The van der Waals surface area contributed by atoms with Gasteiger partial charge >= 0.3 is 0 Å². The van der Waals surface area contributed by atoms with Crippen LogP contribution in [0.2, 0.25) is 0 Å². The van der Waals surface area contributed by atoms with Crippen LogP contribution in [0.25, 0.3) is 0 Å². The highest BCUT2D eigenvalue weighted by Gasteiger charge is 2.30. The Labute approximate surface area is 183 Å². The number of amides is 3. The highest BCUT2D eigenvalue weighted by molar-refractivity contribution is 5.95. The van der Waals surface area contributed by atoms with Crippen molar-refractivity contribution in [3.05, 3.63) is 17.5 Å². The molecular weight excluding hydrogens is 398 g/mol. The lowest BCUT2D eigenvalue weighted by molar-refractivity contribution is -0.137. The summed E-state index contributed by atoms with van der Waals surface area (Å²) in [6, 6.07) is 0. The smallest absolute Gasteiger partial charge is 0.257 e. The Kier molecular flexibility index (Phi) is 7.21. The van der Waals surface area contributed by atoms with Crippen LogP contribution in [0, 0.1) is 0 Å². The highest BCUT2D eigenvalue weighted by Crippen LogP contribution is 2.29. The van der Waals surface area contributed by atoms with Gasteiger partial charge in [-0.3, -0.25) is 19.5 Å². The molecule has 3 aliphatic rings. The van der Waals surface area contributed by atoms with Crippen LogP contribution in [-0.2, 0) is 14.3 Å². The molecule has 1 aromatic heterocycles. The van der Waals surface area contributed by atoms with Gasteiger partial charge in [-0.25, -0.2) is 0 Å². The van der Waals surface area contributed by atoms with Gasteiger partial charge in [0, 0.05) is 51.6 Å². The summed E-state index contributed by atoms with van der Waals surface area (Å²) in [4.78, 5) is 42.8. The molecule has 0 bridgehead atoms. The average molecular weight is 432 g/mol. The van der Waals surface area contributed by atoms with E-state index >= 15 is 0 Å². The number of rotatable bonds is 7. The normalized spacial score (nSPS) is 22.3. The highest BCUT2D eigenvalue weighted by atomic mass is 16.5. The second kappa shape index (κ2) is 10.3. The summed E-state index contributed by atoms with van der Waals surface area (Å²) in [6.07, 6.45) is 8.24. The van der Waals surface area contributed by atoms with Crippen LogP contribution < -0.4 is 0 Å². The van der Waals surface area contributed by atoms with Crippen molar-refractivity contribution in [1.82, 2.24) is 24.9 Å². The minimum Gasteiger partial charge on any atom is -0.370 e. The van der Waals surface area contributed by atoms with Gasteiger partial charge < -0.3 is 19.4 Å². The number of hydrogen-bond donors (Lipinski definition) is 1. The van der Waals surface area contributed by atoms with Gasteiger partial charge in [0.2, 0.25) is 11.8 Å². The molecule has 4 rings (SSSR count). The van der Waals surface area contributed by atoms with E-state index in [4.69, 9.17) is 4.74 Å². The third-order valence-electron chi connectivity index (χ3n) is 6.63. The molecule has 3 aliphatic heterocycles. The number of ether oxygens (including phenoxy) is 1. The Hall–Kier alpha value is -2.42. The minimum absolute atomic E-state index is 0.0251. The van der Waals surface area contributed by atoms with Gasteiger partial charge in [-0.1, -0.05) is 0 Å². The number of nitrogens with one attached hydrogen (secondary N) is 1. The summed E-state index contributed by atoms with van der Waals surface area (Å²) in [5.41, 5.74) is 1.49. The van der Waals surface area contributed by atoms with E-state index in [1.165, 1.54) is 6.42 Å². The van der Waals surface area contributed by atoms with E-state index in [0.717, 1.165) is 57.4 Å². The second-order valence-corrected chi connectivity index (χ2v) is 8.77. The third-order valence-corrected chi connectivity index (χ3v) is 6.63. The first-order valence-electron chi connectivity index (χ1n) is 11.6. The van der Waals surface area contributed by atoms with Crippen LogP contribution >= 0.6 is 0 Å². The minimum atomic E-state index is -0.0409. The monoisotopic (exact) mass is 431 g/mol.